The molecule has 0 aromatic heterocycles. The molecule has 0 aliphatic carbocycles. The molecule has 9 N–H and O–H groups in total. The topological polar surface area (TPSA) is 201 Å². The van der Waals surface area contributed by atoms with Crippen LogP contribution in [0.3, 0.4) is 0 Å². The Hall–Kier alpha value is -2.37. The Morgan fingerprint density at radius 3 is 2.57 bits per heavy atom. The summed E-state index contributed by atoms with van der Waals surface area (Å²) in [6.45, 7) is 0.316. The summed E-state index contributed by atoms with van der Waals surface area (Å²) in [7, 11) is 0. The first-order valence-corrected chi connectivity index (χ1v) is 6.61. The second kappa shape index (κ2) is 7.26. The van der Waals surface area contributed by atoms with Gasteiger partial charge < -0.3 is 41.9 Å². The smallest absolute Gasteiger partial charge is 0.370 e. The number of aliphatic carboxylic acids is 1. The van der Waals surface area contributed by atoms with Crippen molar-refractivity contribution in [3.05, 3.63) is 11.8 Å². The molecule has 1 rings (SSSR count). The number of hydrogen-bond donors (Lipinski definition) is 7. The number of carbonyl (C=O) groups is 2. The number of carboxylic acids is 1. The van der Waals surface area contributed by atoms with Gasteiger partial charge in [-0.05, 0) is 12.5 Å². The number of nitrogens with two attached hydrogens (primary N) is 2. The van der Waals surface area contributed by atoms with Crippen molar-refractivity contribution in [2.75, 3.05) is 6.61 Å². The summed E-state index contributed by atoms with van der Waals surface area (Å²) in [4.78, 5) is 26.2. The number of hydrogen-bond acceptors (Lipinski definition) is 7. The van der Waals surface area contributed by atoms with E-state index in [2.05, 4.69) is 10.3 Å². The fourth-order valence-corrected chi connectivity index (χ4v) is 2.23. The summed E-state index contributed by atoms with van der Waals surface area (Å²) in [5.74, 6) is -3.12. The van der Waals surface area contributed by atoms with Gasteiger partial charge in [-0.25, -0.2) is 9.79 Å². The number of aliphatic imine (C=N–C) groups is 1. The summed E-state index contributed by atoms with van der Waals surface area (Å²) < 4.78 is 5.22. The van der Waals surface area contributed by atoms with Crippen molar-refractivity contribution < 1.29 is 34.8 Å². The van der Waals surface area contributed by atoms with Crippen LogP contribution in [0.1, 0.15) is 13.3 Å². The molecule has 0 aromatic carbocycles. The molecule has 0 aromatic rings. The fraction of sp³-hybridized carbons (Fsp3) is 0.583. The molecule has 11 nitrogen and oxygen atoms in total. The summed E-state index contributed by atoms with van der Waals surface area (Å²) >= 11 is 0. The van der Waals surface area contributed by atoms with E-state index in [-0.39, 0.29) is 6.42 Å². The first-order chi connectivity index (χ1) is 10.6. The van der Waals surface area contributed by atoms with Crippen LogP contribution >= 0.6 is 0 Å². The van der Waals surface area contributed by atoms with E-state index >= 15 is 0 Å². The van der Waals surface area contributed by atoms with Crippen molar-refractivity contribution in [3.63, 3.8) is 0 Å². The van der Waals surface area contributed by atoms with E-state index in [1.54, 1.807) is 0 Å². The summed E-state index contributed by atoms with van der Waals surface area (Å²) in [6.07, 6.45) is -2.59. The Bertz CT molecular complexity index is 532. The fourth-order valence-electron chi connectivity index (χ4n) is 2.23. The predicted octanol–water partition coefficient (Wildman–Crippen LogP) is -3.44. The second-order valence-electron chi connectivity index (χ2n) is 4.95. The Morgan fingerprint density at radius 2 is 2.13 bits per heavy atom. The Labute approximate surface area is 131 Å². The summed E-state index contributed by atoms with van der Waals surface area (Å²) in [5.41, 5.74) is 8.42. The van der Waals surface area contributed by atoms with E-state index in [1.165, 1.54) is 13.0 Å². The molecule has 2 unspecified atom stereocenters. The number of carbonyl (C=O) groups excluding carboxylic acids is 1. The Balaban J connectivity index is 3.43. The van der Waals surface area contributed by atoms with Crippen molar-refractivity contribution in [3.8, 4) is 0 Å². The number of rotatable bonds is 6. The van der Waals surface area contributed by atoms with Crippen molar-refractivity contribution >= 4 is 17.8 Å². The van der Waals surface area contributed by atoms with Gasteiger partial charge in [0.25, 0.3) is 5.72 Å². The number of nitrogens with one attached hydrogen (secondary N) is 1. The lowest BCUT2D eigenvalue weighted by Gasteiger charge is -2.43. The van der Waals surface area contributed by atoms with Crippen LogP contribution < -0.4 is 16.8 Å². The van der Waals surface area contributed by atoms with Gasteiger partial charge in [-0.3, -0.25) is 4.79 Å². The molecule has 1 amide bonds. The van der Waals surface area contributed by atoms with Gasteiger partial charge in [-0.2, -0.15) is 0 Å². The lowest BCUT2D eigenvalue weighted by Crippen LogP contribution is -2.64. The standard InChI is InChI=1S/C12H20N4O7/c1-5(18)15-8-3-2-7(10(21)22)23-12(8,16-11(13)14)9(20)6(19)4-17/h2,6,8-9,17,19-20H,3-4H2,1H3,(H,15,18)(H,21,22)(H4,13,14,16)/t6-,8?,9-,12?/m1/s1. The second-order valence-corrected chi connectivity index (χ2v) is 4.95. The van der Waals surface area contributed by atoms with Crippen molar-refractivity contribution in [2.45, 2.75) is 37.3 Å². The van der Waals surface area contributed by atoms with Crippen molar-refractivity contribution in [1.29, 1.82) is 0 Å². The zero-order chi connectivity index (χ0) is 17.8. The molecule has 0 spiro atoms. The van der Waals surface area contributed by atoms with Crippen molar-refractivity contribution in [1.82, 2.24) is 5.32 Å². The normalized spacial score (nSPS) is 26.3. The minimum atomic E-state index is -2.21. The van der Waals surface area contributed by atoms with E-state index in [0.29, 0.717) is 0 Å². The monoisotopic (exact) mass is 332 g/mol. The Morgan fingerprint density at radius 1 is 1.52 bits per heavy atom. The van der Waals surface area contributed by atoms with Crippen LogP contribution in [-0.4, -0.2) is 68.8 Å². The lowest BCUT2D eigenvalue weighted by molar-refractivity contribution is -0.174. The third-order valence-electron chi connectivity index (χ3n) is 3.18. The zero-order valence-corrected chi connectivity index (χ0v) is 12.3. The maximum absolute atomic E-state index is 11.4. The van der Waals surface area contributed by atoms with Crippen LogP contribution in [-0.2, 0) is 14.3 Å². The molecule has 0 saturated carbocycles. The average molecular weight is 332 g/mol. The average Bonchev–Trinajstić information content (AvgIpc) is 2.46. The van der Waals surface area contributed by atoms with Crippen LogP contribution in [0.4, 0.5) is 0 Å². The van der Waals surface area contributed by atoms with Crippen LogP contribution in [0, 0.1) is 0 Å². The highest BCUT2D eigenvalue weighted by Crippen LogP contribution is 2.34. The van der Waals surface area contributed by atoms with E-state index in [9.17, 15) is 19.8 Å². The molecular weight excluding hydrogens is 312 g/mol. The third kappa shape index (κ3) is 4.09. The van der Waals surface area contributed by atoms with Gasteiger partial charge in [0, 0.05) is 6.92 Å². The van der Waals surface area contributed by atoms with E-state index < -0.39 is 54.2 Å². The predicted molar refractivity (Wildman–Crippen MR) is 76.7 cm³/mol. The maximum atomic E-state index is 11.4. The van der Waals surface area contributed by atoms with Gasteiger partial charge in [0.1, 0.15) is 12.2 Å². The van der Waals surface area contributed by atoms with Crippen LogP contribution in [0.5, 0.6) is 0 Å². The van der Waals surface area contributed by atoms with Gasteiger partial charge in [0.15, 0.2) is 5.96 Å². The number of carboxylic acid groups (broad SMARTS) is 1. The van der Waals surface area contributed by atoms with Gasteiger partial charge in [0.2, 0.25) is 11.7 Å². The minimum absolute atomic E-state index is 0.0901. The molecule has 1 heterocycles. The van der Waals surface area contributed by atoms with Crippen LogP contribution in [0.2, 0.25) is 0 Å². The van der Waals surface area contributed by atoms with Gasteiger partial charge in [-0.1, -0.05) is 0 Å². The largest absolute Gasteiger partial charge is 0.475 e. The highest BCUT2D eigenvalue weighted by Gasteiger charge is 2.53. The van der Waals surface area contributed by atoms with Gasteiger partial charge >= 0.3 is 5.97 Å². The molecule has 1 aliphatic rings. The number of aliphatic hydroxyl groups is 3. The molecule has 23 heavy (non-hydrogen) atoms. The van der Waals surface area contributed by atoms with E-state index in [0.717, 1.165) is 0 Å². The number of nitrogens with zero attached hydrogens (tertiary/aromatic N) is 1. The number of guanidine groups is 1. The van der Waals surface area contributed by atoms with Crippen LogP contribution in [0.15, 0.2) is 16.8 Å². The SMILES string of the molecule is CC(=O)NC1CC=C(C(=O)O)OC1(N=C(N)N)[C@H](O)[C@H](O)CO. The van der Waals surface area contributed by atoms with Gasteiger partial charge in [0.05, 0.1) is 12.6 Å². The molecule has 11 heteroatoms. The molecule has 0 bridgehead atoms. The van der Waals surface area contributed by atoms with Gasteiger partial charge in [-0.15, -0.1) is 0 Å². The summed E-state index contributed by atoms with van der Waals surface area (Å²) in [6, 6.07) is -1.08. The number of aliphatic hydroxyl groups excluding tert-OH is 3. The molecule has 130 valence electrons. The van der Waals surface area contributed by atoms with E-state index in [1.807, 2.05) is 0 Å². The highest BCUT2D eigenvalue weighted by molar-refractivity contribution is 5.85. The molecule has 0 fully saturated rings. The molecule has 0 saturated heterocycles. The quantitative estimate of drug-likeness (QED) is 0.191. The number of amides is 1. The molecule has 1 aliphatic heterocycles. The van der Waals surface area contributed by atoms with Crippen molar-refractivity contribution in [2.24, 2.45) is 16.5 Å². The molecule has 0 radical (unpaired) electrons. The van der Waals surface area contributed by atoms with Crippen LogP contribution in [0.25, 0.3) is 0 Å². The zero-order valence-electron chi connectivity index (χ0n) is 12.3. The van der Waals surface area contributed by atoms with E-state index in [4.69, 9.17) is 26.4 Å². The highest BCUT2D eigenvalue weighted by atomic mass is 16.6. The minimum Gasteiger partial charge on any atom is -0.475 e. The maximum Gasteiger partial charge on any atom is 0.370 e. The first-order valence-electron chi connectivity index (χ1n) is 6.61. The number of ether oxygens (including phenoxy) is 1. The Kier molecular flexibility index (Phi) is 5.90. The summed E-state index contributed by atoms with van der Waals surface area (Å²) in [5, 5.41) is 40.5. The molecular formula is C12H20N4O7. The molecule has 4 atom stereocenters. The lowest BCUT2D eigenvalue weighted by atomic mass is 9.89. The third-order valence-corrected chi connectivity index (χ3v) is 3.18. The first kappa shape index (κ1) is 18.7.